The summed E-state index contributed by atoms with van der Waals surface area (Å²) in [6.45, 7) is 6.78. The van der Waals surface area contributed by atoms with Crippen molar-refractivity contribution in [1.29, 1.82) is 0 Å². The van der Waals surface area contributed by atoms with Crippen LogP contribution in [0.15, 0.2) is 23.3 Å². The predicted molar refractivity (Wildman–Crippen MR) is 111 cm³/mol. The first-order valence-corrected chi connectivity index (χ1v) is 8.93. The molecule has 7 nitrogen and oxygen atoms in total. The summed E-state index contributed by atoms with van der Waals surface area (Å²) in [5.41, 5.74) is 0.778. The van der Waals surface area contributed by atoms with E-state index in [1.807, 2.05) is 6.92 Å². The maximum absolute atomic E-state index is 12.1. The van der Waals surface area contributed by atoms with E-state index in [2.05, 4.69) is 30.2 Å². The lowest BCUT2D eigenvalue weighted by Crippen LogP contribution is -2.44. The SMILES string of the molecule is CCNC(=NCc1ccc(OCC(F)(F)F)nc1)NCCN1CCOCC1.I. The third-order valence-electron chi connectivity index (χ3n) is 3.77. The van der Waals surface area contributed by atoms with Crippen LogP contribution in [0, 0.1) is 0 Å². The molecule has 1 aromatic heterocycles. The Labute approximate surface area is 180 Å². The Hall–Kier alpha value is -1.34. The zero-order chi connectivity index (χ0) is 19.5. The number of pyridine rings is 1. The zero-order valence-corrected chi connectivity index (χ0v) is 18.1. The summed E-state index contributed by atoms with van der Waals surface area (Å²) in [4.78, 5) is 10.7. The van der Waals surface area contributed by atoms with E-state index in [1.54, 1.807) is 6.07 Å². The molecule has 2 rings (SSSR count). The maximum Gasteiger partial charge on any atom is 0.422 e. The molecule has 2 N–H and O–H groups in total. The lowest BCUT2D eigenvalue weighted by molar-refractivity contribution is -0.154. The Balaban J connectivity index is 0.00000392. The number of halogens is 4. The quantitative estimate of drug-likeness (QED) is 0.313. The van der Waals surface area contributed by atoms with Gasteiger partial charge in [-0.1, -0.05) is 6.07 Å². The van der Waals surface area contributed by atoms with Gasteiger partial charge in [0.1, 0.15) is 0 Å². The number of hydrogen-bond donors (Lipinski definition) is 2. The molecule has 0 unspecified atom stereocenters. The molecular formula is C17H27F3IN5O2. The molecular weight excluding hydrogens is 490 g/mol. The number of hydrogen-bond acceptors (Lipinski definition) is 5. The van der Waals surface area contributed by atoms with E-state index in [9.17, 15) is 13.2 Å². The summed E-state index contributed by atoms with van der Waals surface area (Å²) in [5, 5.41) is 6.44. The van der Waals surface area contributed by atoms with E-state index in [-0.39, 0.29) is 29.9 Å². The van der Waals surface area contributed by atoms with Crippen LogP contribution in [0.1, 0.15) is 12.5 Å². The molecule has 0 spiro atoms. The summed E-state index contributed by atoms with van der Waals surface area (Å²) in [6, 6.07) is 3.06. The fourth-order valence-corrected chi connectivity index (χ4v) is 2.41. The van der Waals surface area contributed by atoms with Gasteiger partial charge in [-0.2, -0.15) is 13.2 Å². The number of aliphatic imine (C=N–C) groups is 1. The Morgan fingerprint density at radius 2 is 2.04 bits per heavy atom. The number of ether oxygens (including phenoxy) is 2. The molecule has 1 aliphatic rings. The zero-order valence-electron chi connectivity index (χ0n) is 15.8. The van der Waals surface area contributed by atoms with Gasteiger partial charge >= 0.3 is 6.18 Å². The molecule has 11 heteroatoms. The van der Waals surface area contributed by atoms with Crippen molar-refractivity contribution in [3.8, 4) is 5.88 Å². The van der Waals surface area contributed by atoms with Gasteiger partial charge in [-0.05, 0) is 12.5 Å². The first-order valence-electron chi connectivity index (χ1n) is 8.93. The molecule has 0 saturated carbocycles. The summed E-state index contributed by atoms with van der Waals surface area (Å²) >= 11 is 0. The molecule has 0 bridgehead atoms. The number of rotatable bonds is 8. The highest BCUT2D eigenvalue weighted by atomic mass is 127. The van der Waals surface area contributed by atoms with Gasteiger partial charge in [0.15, 0.2) is 12.6 Å². The average molecular weight is 517 g/mol. The van der Waals surface area contributed by atoms with E-state index in [1.165, 1.54) is 12.3 Å². The monoisotopic (exact) mass is 517 g/mol. The molecule has 0 aliphatic carbocycles. The van der Waals surface area contributed by atoms with Crippen molar-refractivity contribution in [1.82, 2.24) is 20.5 Å². The average Bonchev–Trinajstić information content (AvgIpc) is 2.65. The minimum atomic E-state index is -4.38. The number of morpholine rings is 1. The van der Waals surface area contributed by atoms with E-state index >= 15 is 0 Å². The molecule has 1 fully saturated rings. The maximum atomic E-state index is 12.1. The van der Waals surface area contributed by atoms with Gasteiger partial charge in [-0.15, -0.1) is 24.0 Å². The van der Waals surface area contributed by atoms with Gasteiger partial charge in [-0.3, -0.25) is 4.90 Å². The fraction of sp³-hybridized carbons (Fsp3) is 0.647. The van der Waals surface area contributed by atoms with Crippen LogP contribution in [0.3, 0.4) is 0 Å². The number of aromatic nitrogens is 1. The Kier molecular flexibility index (Phi) is 11.5. The topological polar surface area (TPSA) is 71.0 Å². The first kappa shape index (κ1) is 24.7. The Morgan fingerprint density at radius 3 is 2.64 bits per heavy atom. The van der Waals surface area contributed by atoms with Crippen LogP contribution in [0.2, 0.25) is 0 Å². The highest BCUT2D eigenvalue weighted by Gasteiger charge is 2.28. The van der Waals surface area contributed by atoms with Crippen LogP contribution < -0.4 is 15.4 Å². The second-order valence-corrected chi connectivity index (χ2v) is 5.98. The minimum Gasteiger partial charge on any atom is -0.468 e. The van der Waals surface area contributed by atoms with Crippen LogP contribution in [-0.2, 0) is 11.3 Å². The van der Waals surface area contributed by atoms with Gasteiger partial charge < -0.3 is 20.1 Å². The number of nitrogens with one attached hydrogen (secondary N) is 2. The number of alkyl halides is 3. The van der Waals surface area contributed by atoms with Crippen molar-refractivity contribution in [2.24, 2.45) is 4.99 Å². The van der Waals surface area contributed by atoms with Gasteiger partial charge in [0, 0.05) is 45.0 Å². The van der Waals surface area contributed by atoms with E-state index in [0.717, 1.165) is 51.5 Å². The summed E-state index contributed by atoms with van der Waals surface area (Å²) in [6.07, 6.45) is -2.91. The third-order valence-corrected chi connectivity index (χ3v) is 3.77. The van der Waals surface area contributed by atoms with Crippen molar-refractivity contribution in [2.45, 2.75) is 19.6 Å². The molecule has 1 saturated heterocycles. The summed E-state index contributed by atoms with van der Waals surface area (Å²) in [5.74, 6) is 0.624. The van der Waals surface area contributed by atoms with Crippen LogP contribution in [0.4, 0.5) is 13.2 Å². The highest BCUT2D eigenvalue weighted by Crippen LogP contribution is 2.17. The first-order chi connectivity index (χ1) is 13.0. The summed E-state index contributed by atoms with van der Waals surface area (Å²) in [7, 11) is 0. The van der Waals surface area contributed by atoms with E-state index < -0.39 is 12.8 Å². The number of nitrogens with zero attached hydrogens (tertiary/aromatic N) is 3. The molecule has 0 aromatic carbocycles. The molecule has 0 radical (unpaired) electrons. The fourth-order valence-electron chi connectivity index (χ4n) is 2.41. The normalized spacial score (nSPS) is 15.6. The molecule has 0 atom stereocenters. The second kappa shape index (κ2) is 13.0. The predicted octanol–water partition coefficient (Wildman–Crippen LogP) is 2.03. The molecule has 1 aliphatic heterocycles. The lowest BCUT2D eigenvalue weighted by Gasteiger charge is -2.26. The van der Waals surface area contributed by atoms with Gasteiger partial charge in [-0.25, -0.2) is 9.98 Å². The summed E-state index contributed by atoms with van der Waals surface area (Å²) < 4.78 is 46.3. The standard InChI is InChI=1S/C17H26F3N5O2.HI/c1-2-21-16(22-5-6-25-7-9-26-10-8-25)24-12-14-3-4-15(23-11-14)27-13-17(18,19)20;/h3-4,11H,2,5-10,12-13H2,1H3,(H2,21,22,24);1H. The van der Waals surface area contributed by atoms with E-state index in [4.69, 9.17) is 4.74 Å². The molecule has 2 heterocycles. The van der Waals surface area contributed by atoms with Crippen LogP contribution in [0.5, 0.6) is 5.88 Å². The van der Waals surface area contributed by atoms with Gasteiger partial charge in [0.2, 0.25) is 5.88 Å². The van der Waals surface area contributed by atoms with Crippen LogP contribution >= 0.6 is 24.0 Å². The van der Waals surface area contributed by atoms with Crippen molar-refractivity contribution >= 4 is 29.9 Å². The molecule has 1 aromatic rings. The van der Waals surface area contributed by atoms with E-state index in [0.29, 0.717) is 12.5 Å². The van der Waals surface area contributed by atoms with Gasteiger partial charge in [0.25, 0.3) is 0 Å². The van der Waals surface area contributed by atoms with Gasteiger partial charge in [0.05, 0.1) is 19.8 Å². The van der Waals surface area contributed by atoms with Crippen LogP contribution in [0.25, 0.3) is 0 Å². The smallest absolute Gasteiger partial charge is 0.422 e. The molecule has 160 valence electrons. The van der Waals surface area contributed by atoms with Crippen molar-refractivity contribution < 1.29 is 22.6 Å². The van der Waals surface area contributed by atoms with Crippen molar-refractivity contribution in [2.75, 3.05) is 52.5 Å². The highest BCUT2D eigenvalue weighted by molar-refractivity contribution is 14.0. The third kappa shape index (κ3) is 10.3. The largest absolute Gasteiger partial charge is 0.468 e. The molecule has 0 amide bonds. The van der Waals surface area contributed by atoms with Crippen molar-refractivity contribution in [3.63, 3.8) is 0 Å². The molecule has 28 heavy (non-hydrogen) atoms. The Bertz CT molecular complexity index is 581. The van der Waals surface area contributed by atoms with Crippen LogP contribution in [-0.4, -0.2) is 74.6 Å². The van der Waals surface area contributed by atoms with Crippen molar-refractivity contribution in [3.05, 3.63) is 23.9 Å². The second-order valence-electron chi connectivity index (χ2n) is 5.98. The minimum absolute atomic E-state index is 0. The number of guanidine groups is 1. The lowest BCUT2D eigenvalue weighted by atomic mass is 10.3. The Morgan fingerprint density at radius 1 is 1.29 bits per heavy atom.